The molecule has 2 aliphatic rings. The summed E-state index contributed by atoms with van der Waals surface area (Å²) in [6.07, 6.45) is 5.15. The van der Waals surface area contributed by atoms with Crippen molar-refractivity contribution in [3.63, 3.8) is 0 Å². The van der Waals surface area contributed by atoms with Crippen molar-refractivity contribution in [2.24, 2.45) is 0 Å². The SMILES string of the molecule is Cc1csc(OCC(=O)Nc2ccc3nc(N4CCC(N5CCCC5)CC4)cc(C)c3c2)c1. The minimum absolute atomic E-state index is 0.00153. The smallest absolute Gasteiger partial charge is 0.262 e. The maximum absolute atomic E-state index is 12.3. The molecule has 7 heteroatoms. The van der Waals surface area contributed by atoms with Gasteiger partial charge in [-0.2, -0.15) is 0 Å². The third kappa shape index (κ3) is 5.14. The summed E-state index contributed by atoms with van der Waals surface area (Å²) in [5, 5.41) is 6.79. The fourth-order valence-corrected chi connectivity index (χ4v) is 5.75. The number of hydrogen-bond donors (Lipinski definition) is 1. The average molecular weight is 465 g/mol. The second kappa shape index (κ2) is 9.69. The van der Waals surface area contributed by atoms with E-state index in [1.807, 2.05) is 36.6 Å². The third-order valence-electron chi connectivity index (χ3n) is 6.78. The summed E-state index contributed by atoms with van der Waals surface area (Å²) in [4.78, 5) is 22.4. The number of nitrogens with zero attached hydrogens (tertiary/aromatic N) is 3. The number of carbonyl (C=O) groups excluding carboxylic acids is 1. The molecule has 2 aromatic heterocycles. The molecular formula is C26H32N4O2S. The molecule has 1 amide bonds. The summed E-state index contributed by atoms with van der Waals surface area (Å²) in [5.74, 6) is 0.903. The number of aryl methyl sites for hydroxylation is 2. The third-order valence-corrected chi connectivity index (χ3v) is 7.74. The van der Waals surface area contributed by atoms with Crippen molar-refractivity contribution in [2.45, 2.75) is 45.6 Å². The lowest BCUT2D eigenvalue weighted by Crippen LogP contribution is -2.44. The van der Waals surface area contributed by atoms with Crippen molar-refractivity contribution in [2.75, 3.05) is 43.0 Å². The predicted molar refractivity (Wildman–Crippen MR) is 136 cm³/mol. The number of benzene rings is 1. The van der Waals surface area contributed by atoms with E-state index < -0.39 is 0 Å². The van der Waals surface area contributed by atoms with Gasteiger partial charge in [-0.1, -0.05) is 0 Å². The summed E-state index contributed by atoms with van der Waals surface area (Å²) in [7, 11) is 0. The summed E-state index contributed by atoms with van der Waals surface area (Å²) >= 11 is 1.50. The zero-order chi connectivity index (χ0) is 22.8. The Morgan fingerprint density at radius 3 is 2.64 bits per heavy atom. The van der Waals surface area contributed by atoms with E-state index in [2.05, 4.69) is 28.1 Å². The number of anilines is 2. The Bertz CT molecular complexity index is 1130. The first-order valence-corrected chi connectivity index (χ1v) is 12.8. The topological polar surface area (TPSA) is 57.7 Å². The van der Waals surface area contributed by atoms with Gasteiger partial charge in [0.1, 0.15) is 5.82 Å². The zero-order valence-corrected chi connectivity index (χ0v) is 20.3. The zero-order valence-electron chi connectivity index (χ0n) is 19.5. The first-order chi connectivity index (χ1) is 16.0. The van der Waals surface area contributed by atoms with Crippen LogP contribution in [0.25, 0.3) is 10.9 Å². The van der Waals surface area contributed by atoms with Crippen molar-refractivity contribution >= 4 is 39.7 Å². The van der Waals surface area contributed by atoms with Crippen molar-refractivity contribution in [3.05, 3.63) is 46.8 Å². The Labute approximate surface area is 199 Å². The lowest BCUT2D eigenvalue weighted by Gasteiger charge is -2.37. The minimum atomic E-state index is -0.163. The molecule has 0 saturated carbocycles. The number of thiophene rings is 1. The van der Waals surface area contributed by atoms with Gasteiger partial charge in [0, 0.05) is 30.2 Å². The molecule has 0 spiro atoms. The fraction of sp³-hybridized carbons (Fsp3) is 0.462. The first kappa shape index (κ1) is 22.2. The molecular weight excluding hydrogens is 432 g/mol. The molecule has 0 aliphatic carbocycles. The van der Waals surface area contributed by atoms with Crippen LogP contribution in [0.2, 0.25) is 0 Å². The van der Waals surface area contributed by atoms with Crippen LogP contribution in [0.15, 0.2) is 35.7 Å². The van der Waals surface area contributed by atoms with Gasteiger partial charge in [-0.3, -0.25) is 4.79 Å². The summed E-state index contributed by atoms with van der Waals surface area (Å²) in [6.45, 7) is 8.82. The Balaban J connectivity index is 1.22. The molecule has 0 bridgehead atoms. The molecule has 6 nitrogen and oxygen atoms in total. The van der Waals surface area contributed by atoms with Gasteiger partial charge in [-0.15, -0.1) is 11.3 Å². The second-order valence-corrected chi connectivity index (χ2v) is 10.1. The molecule has 1 aromatic carbocycles. The Kier molecular flexibility index (Phi) is 6.51. The summed E-state index contributed by atoms with van der Waals surface area (Å²) in [6, 6.07) is 10.8. The number of aromatic nitrogens is 1. The molecule has 5 rings (SSSR count). The minimum Gasteiger partial charge on any atom is -0.474 e. The second-order valence-electron chi connectivity index (χ2n) is 9.27. The van der Waals surface area contributed by atoms with Gasteiger partial charge in [0.05, 0.1) is 5.52 Å². The maximum Gasteiger partial charge on any atom is 0.262 e. The largest absolute Gasteiger partial charge is 0.474 e. The predicted octanol–water partition coefficient (Wildman–Crippen LogP) is 5.00. The van der Waals surface area contributed by atoms with Gasteiger partial charge in [0.2, 0.25) is 0 Å². The molecule has 0 atom stereocenters. The molecule has 2 fully saturated rings. The Morgan fingerprint density at radius 2 is 1.91 bits per heavy atom. The monoisotopic (exact) mass is 464 g/mol. The van der Waals surface area contributed by atoms with Crippen LogP contribution < -0.4 is 15.0 Å². The maximum atomic E-state index is 12.3. The number of rotatable bonds is 6. The number of piperidine rings is 1. The van der Waals surface area contributed by atoms with Gasteiger partial charge in [-0.25, -0.2) is 4.98 Å². The van der Waals surface area contributed by atoms with E-state index in [1.165, 1.54) is 55.7 Å². The van der Waals surface area contributed by atoms with Crippen LogP contribution in [-0.2, 0) is 4.79 Å². The van der Waals surface area contributed by atoms with E-state index in [1.54, 1.807) is 0 Å². The number of pyridine rings is 1. The molecule has 174 valence electrons. The van der Waals surface area contributed by atoms with Crippen molar-refractivity contribution in [1.29, 1.82) is 0 Å². The van der Waals surface area contributed by atoms with Crippen molar-refractivity contribution < 1.29 is 9.53 Å². The van der Waals surface area contributed by atoms with E-state index in [0.717, 1.165) is 52.2 Å². The molecule has 3 aromatic rings. The summed E-state index contributed by atoms with van der Waals surface area (Å²) < 4.78 is 5.58. The van der Waals surface area contributed by atoms with Crippen LogP contribution >= 0.6 is 11.3 Å². The van der Waals surface area contributed by atoms with Gasteiger partial charge in [-0.05, 0) is 99.5 Å². The molecule has 0 unspecified atom stereocenters. The number of likely N-dealkylation sites (tertiary alicyclic amines) is 1. The Hall–Kier alpha value is -2.64. The van der Waals surface area contributed by atoms with Crippen LogP contribution in [0.3, 0.4) is 0 Å². The number of ether oxygens (including phenoxy) is 1. The lowest BCUT2D eigenvalue weighted by atomic mass is 10.0. The molecule has 33 heavy (non-hydrogen) atoms. The lowest BCUT2D eigenvalue weighted by molar-refractivity contribution is -0.118. The quantitative estimate of drug-likeness (QED) is 0.557. The number of hydrogen-bond acceptors (Lipinski definition) is 6. The van der Waals surface area contributed by atoms with Crippen LogP contribution in [0.4, 0.5) is 11.5 Å². The van der Waals surface area contributed by atoms with E-state index in [0.29, 0.717) is 0 Å². The van der Waals surface area contributed by atoms with E-state index in [4.69, 9.17) is 9.72 Å². The summed E-state index contributed by atoms with van der Waals surface area (Å²) in [5.41, 5.74) is 4.05. The molecule has 2 aliphatic heterocycles. The van der Waals surface area contributed by atoms with E-state index in [-0.39, 0.29) is 12.5 Å². The van der Waals surface area contributed by atoms with E-state index >= 15 is 0 Å². The number of carbonyl (C=O) groups is 1. The first-order valence-electron chi connectivity index (χ1n) is 11.9. The van der Waals surface area contributed by atoms with Gasteiger partial charge in [0.25, 0.3) is 5.91 Å². The van der Waals surface area contributed by atoms with Crippen LogP contribution in [0.5, 0.6) is 5.06 Å². The normalized spacial score (nSPS) is 17.6. The number of fused-ring (bicyclic) bond motifs is 1. The highest BCUT2D eigenvalue weighted by atomic mass is 32.1. The van der Waals surface area contributed by atoms with Gasteiger partial charge < -0.3 is 19.9 Å². The number of amides is 1. The van der Waals surface area contributed by atoms with Crippen molar-refractivity contribution in [1.82, 2.24) is 9.88 Å². The van der Waals surface area contributed by atoms with Gasteiger partial charge in [0.15, 0.2) is 11.7 Å². The standard InChI is InChI=1S/C26H32N4O2S/c1-18-13-26(33-17-18)32-16-25(31)27-20-5-6-23-22(15-20)19(2)14-24(28-23)30-11-7-21(8-12-30)29-9-3-4-10-29/h5-6,13-15,17,21H,3-4,7-12,16H2,1-2H3,(H,27,31). The highest BCUT2D eigenvalue weighted by molar-refractivity contribution is 7.12. The molecule has 4 heterocycles. The highest BCUT2D eigenvalue weighted by Crippen LogP contribution is 2.29. The van der Waals surface area contributed by atoms with Crippen LogP contribution in [0, 0.1) is 13.8 Å². The van der Waals surface area contributed by atoms with Crippen molar-refractivity contribution in [3.8, 4) is 5.06 Å². The number of nitrogens with one attached hydrogen (secondary N) is 1. The van der Waals surface area contributed by atoms with Crippen LogP contribution in [0.1, 0.15) is 36.8 Å². The fourth-order valence-electron chi connectivity index (χ4n) is 5.00. The average Bonchev–Trinajstić information content (AvgIpc) is 3.50. The molecule has 1 N–H and O–H groups in total. The van der Waals surface area contributed by atoms with Crippen LogP contribution in [-0.4, -0.2) is 54.6 Å². The molecule has 0 radical (unpaired) electrons. The Morgan fingerprint density at radius 1 is 1.12 bits per heavy atom. The molecule has 2 saturated heterocycles. The van der Waals surface area contributed by atoms with Gasteiger partial charge >= 0.3 is 0 Å². The highest BCUT2D eigenvalue weighted by Gasteiger charge is 2.27. The van der Waals surface area contributed by atoms with E-state index in [9.17, 15) is 4.79 Å².